The van der Waals surface area contributed by atoms with Crippen molar-refractivity contribution < 1.29 is 9.18 Å². The Morgan fingerprint density at radius 1 is 1.43 bits per heavy atom. The Labute approximate surface area is 137 Å². The highest BCUT2D eigenvalue weighted by Crippen LogP contribution is 2.22. The van der Waals surface area contributed by atoms with E-state index in [1.807, 2.05) is 7.05 Å². The molecule has 0 fully saturated rings. The van der Waals surface area contributed by atoms with Crippen LogP contribution >= 0.6 is 11.6 Å². The van der Waals surface area contributed by atoms with E-state index in [0.717, 1.165) is 0 Å². The number of hydrogen-bond donors (Lipinski definition) is 2. The number of nitrogens with zero attached hydrogens (tertiary/aromatic N) is 2. The Kier molecular flexibility index (Phi) is 4.16. The van der Waals surface area contributed by atoms with E-state index in [1.165, 1.54) is 24.4 Å². The van der Waals surface area contributed by atoms with Gasteiger partial charge in [-0.1, -0.05) is 23.7 Å². The quantitative estimate of drug-likeness (QED) is 0.771. The zero-order chi connectivity index (χ0) is 16.4. The molecular weight excluding hydrogens is 319 g/mol. The molecule has 1 amide bonds. The van der Waals surface area contributed by atoms with Crippen molar-refractivity contribution in [3.05, 3.63) is 76.8 Å². The van der Waals surface area contributed by atoms with Crippen LogP contribution in [0.25, 0.3) is 0 Å². The number of carbonyl (C=O) groups excluding carboxylic acids is 1. The van der Waals surface area contributed by atoms with Gasteiger partial charge in [-0.15, -0.1) is 0 Å². The number of carbonyl (C=O) groups is 1. The van der Waals surface area contributed by atoms with Crippen LogP contribution in [0.4, 0.5) is 4.39 Å². The average Bonchev–Trinajstić information content (AvgIpc) is 3.13. The van der Waals surface area contributed by atoms with Crippen LogP contribution in [0.5, 0.6) is 0 Å². The van der Waals surface area contributed by atoms with Crippen molar-refractivity contribution in [2.45, 2.75) is 6.04 Å². The fourth-order valence-corrected chi connectivity index (χ4v) is 2.51. The van der Waals surface area contributed by atoms with Crippen LogP contribution in [0.15, 0.2) is 48.9 Å². The maximum absolute atomic E-state index is 13.6. The van der Waals surface area contributed by atoms with E-state index in [4.69, 9.17) is 11.6 Å². The van der Waals surface area contributed by atoms with Crippen LogP contribution in [-0.4, -0.2) is 20.4 Å². The summed E-state index contributed by atoms with van der Waals surface area (Å²) in [4.78, 5) is 19.5. The highest BCUT2D eigenvalue weighted by molar-refractivity contribution is 6.30. The normalized spacial score (nSPS) is 12.1. The number of aromatic nitrogens is 3. The van der Waals surface area contributed by atoms with Crippen LogP contribution in [0.1, 0.15) is 27.9 Å². The van der Waals surface area contributed by atoms with Crippen molar-refractivity contribution >= 4 is 17.5 Å². The number of H-pyrrole nitrogens is 1. The Bertz CT molecular complexity index is 842. The predicted octanol–water partition coefficient (Wildman–Crippen LogP) is 3.06. The van der Waals surface area contributed by atoms with Crippen molar-refractivity contribution in [2.24, 2.45) is 7.05 Å². The van der Waals surface area contributed by atoms with E-state index in [0.29, 0.717) is 22.1 Å². The van der Waals surface area contributed by atoms with Crippen LogP contribution in [0, 0.1) is 5.82 Å². The van der Waals surface area contributed by atoms with E-state index in [1.54, 1.807) is 29.1 Å². The number of imidazole rings is 1. The second-order valence-electron chi connectivity index (χ2n) is 5.09. The molecule has 3 rings (SSSR count). The minimum atomic E-state index is -0.583. The molecular formula is C16H14ClFN4O. The van der Waals surface area contributed by atoms with Crippen molar-refractivity contribution in [3.63, 3.8) is 0 Å². The summed E-state index contributed by atoms with van der Waals surface area (Å²) in [5.74, 6) is -0.130. The molecule has 1 unspecified atom stereocenters. The van der Waals surface area contributed by atoms with Gasteiger partial charge in [-0.2, -0.15) is 0 Å². The molecule has 1 atom stereocenters. The monoisotopic (exact) mass is 332 g/mol. The third-order valence-electron chi connectivity index (χ3n) is 3.47. The lowest BCUT2D eigenvalue weighted by Gasteiger charge is -2.19. The zero-order valence-corrected chi connectivity index (χ0v) is 13.0. The molecule has 5 nitrogen and oxygen atoms in total. The van der Waals surface area contributed by atoms with Crippen LogP contribution in [-0.2, 0) is 7.05 Å². The number of aromatic amines is 1. The highest BCUT2D eigenvalue weighted by atomic mass is 35.5. The van der Waals surface area contributed by atoms with E-state index < -0.39 is 6.04 Å². The molecule has 0 bridgehead atoms. The van der Waals surface area contributed by atoms with Crippen molar-refractivity contribution in [3.8, 4) is 0 Å². The SMILES string of the molecule is Cn1ccnc1C(NC(=O)c1cc(Cl)c[nH]1)c1cccc(F)c1. The number of amides is 1. The summed E-state index contributed by atoms with van der Waals surface area (Å²) < 4.78 is 15.3. The van der Waals surface area contributed by atoms with Crippen LogP contribution in [0.2, 0.25) is 5.02 Å². The van der Waals surface area contributed by atoms with Gasteiger partial charge in [0.2, 0.25) is 0 Å². The summed E-state index contributed by atoms with van der Waals surface area (Å²) in [5.41, 5.74) is 0.927. The largest absolute Gasteiger partial charge is 0.356 e. The predicted molar refractivity (Wildman–Crippen MR) is 84.7 cm³/mol. The Balaban J connectivity index is 1.96. The number of aryl methyl sites for hydroxylation is 1. The standard InChI is InChI=1S/C16H14ClFN4O/c1-22-6-5-19-15(22)14(10-3-2-4-12(18)7-10)21-16(23)13-8-11(17)9-20-13/h2-9,14,20H,1H3,(H,21,23). The first-order valence-electron chi connectivity index (χ1n) is 6.92. The van der Waals surface area contributed by atoms with Gasteiger partial charge in [0, 0.05) is 25.6 Å². The first-order chi connectivity index (χ1) is 11.0. The third-order valence-corrected chi connectivity index (χ3v) is 3.68. The van der Waals surface area contributed by atoms with Crippen LogP contribution in [0.3, 0.4) is 0 Å². The molecule has 0 saturated carbocycles. The zero-order valence-electron chi connectivity index (χ0n) is 12.3. The Morgan fingerprint density at radius 3 is 2.87 bits per heavy atom. The first kappa shape index (κ1) is 15.3. The number of benzene rings is 1. The molecule has 0 spiro atoms. The first-order valence-corrected chi connectivity index (χ1v) is 7.30. The molecule has 0 aliphatic carbocycles. The number of halogens is 2. The lowest BCUT2D eigenvalue weighted by molar-refractivity contribution is 0.0936. The molecule has 1 aromatic carbocycles. The lowest BCUT2D eigenvalue weighted by atomic mass is 10.1. The molecule has 0 radical (unpaired) electrons. The van der Waals surface area contributed by atoms with Gasteiger partial charge in [0.1, 0.15) is 23.4 Å². The van der Waals surface area contributed by atoms with Crippen molar-refractivity contribution in [1.29, 1.82) is 0 Å². The summed E-state index contributed by atoms with van der Waals surface area (Å²) in [5, 5.41) is 3.29. The topological polar surface area (TPSA) is 62.7 Å². The van der Waals surface area contributed by atoms with Gasteiger partial charge in [0.15, 0.2) is 0 Å². The molecule has 118 valence electrons. The summed E-state index contributed by atoms with van der Waals surface area (Å²) in [6.45, 7) is 0. The molecule has 0 saturated heterocycles. The molecule has 0 aliphatic heterocycles. The second-order valence-corrected chi connectivity index (χ2v) is 5.53. The number of nitrogens with one attached hydrogen (secondary N) is 2. The minimum Gasteiger partial charge on any atom is -0.356 e. The highest BCUT2D eigenvalue weighted by Gasteiger charge is 2.22. The molecule has 7 heteroatoms. The molecule has 0 aliphatic rings. The maximum atomic E-state index is 13.6. The summed E-state index contributed by atoms with van der Waals surface area (Å²) in [7, 11) is 1.81. The van der Waals surface area contributed by atoms with Gasteiger partial charge >= 0.3 is 0 Å². The van der Waals surface area contributed by atoms with Gasteiger partial charge in [-0.3, -0.25) is 4.79 Å². The van der Waals surface area contributed by atoms with Gasteiger partial charge in [0.05, 0.1) is 5.02 Å². The third kappa shape index (κ3) is 3.27. The van der Waals surface area contributed by atoms with Gasteiger partial charge < -0.3 is 14.9 Å². The molecule has 2 heterocycles. The van der Waals surface area contributed by atoms with E-state index >= 15 is 0 Å². The van der Waals surface area contributed by atoms with Gasteiger partial charge in [-0.25, -0.2) is 9.37 Å². The van der Waals surface area contributed by atoms with Gasteiger partial charge in [0.25, 0.3) is 5.91 Å². The summed E-state index contributed by atoms with van der Waals surface area (Å²) in [6, 6.07) is 7.01. The van der Waals surface area contributed by atoms with Crippen molar-refractivity contribution in [2.75, 3.05) is 0 Å². The van der Waals surface area contributed by atoms with Crippen molar-refractivity contribution in [1.82, 2.24) is 19.9 Å². The Hall–Kier alpha value is -2.60. The van der Waals surface area contributed by atoms with E-state index in [2.05, 4.69) is 15.3 Å². The average molecular weight is 333 g/mol. The smallest absolute Gasteiger partial charge is 0.268 e. The molecule has 3 aromatic rings. The second kappa shape index (κ2) is 6.26. The fraction of sp³-hybridized carbons (Fsp3) is 0.125. The maximum Gasteiger partial charge on any atom is 0.268 e. The fourth-order valence-electron chi connectivity index (χ4n) is 2.35. The molecule has 2 aromatic heterocycles. The van der Waals surface area contributed by atoms with E-state index in [9.17, 15) is 9.18 Å². The Morgan fingerprint density at radius 2 is 2.26 bits per heavy atom. The van der Waals surface area contributed by atoms with Gasteiger partial charge in [-0.05, 0) is 23.8 Å². The summed E-state index contributed by atoms with van der Waals surface area (Å²) in [6.07, 6.45) is 4.91. The molecule has 2 N–H and O–H groups in total. The summed E-state index contributed by atoms with van der Waals surface area (Å²) >= 11 is 5.83. The molecule has 23 heavy (non-hydrogen) atoms. The lowest BCUT2D eigenvalue weighted by Crippen LogP contribution is -2.31. The van der Waals surface area contributed by atoms with E-state index in [-0.39, 0.29) is 11.7 Å². The van der Waals surface area contributed by atoms with Crippen LogP contribution < -0.4 is 5.32 Å². The number of hydrogen-bond acceptors (Lipinski definition) is 2. The minimum absolute atomic E-state index is 0.325. The number of rotatable bonds is 4.